The van der Waals surface area contributed by atoms with Crippen molar-refractivity contribution in [3.05, 3.63) is 0 Å². The molecule has 2 atom stereocenters. The number of likely N-dealkylation sites (tertiary alicyclic amines) is 1. The predicted octanol–water partition coefficient (Wildman–Crippen LogP) is 1.84. The van der Waals surface area contributed by atoms with Gasteiger partial charge in [0.15, 0.2) is 6.10 Å². The maximum Gasteiger partial charge on any atom is 0.416 e. The number of carbonyl (C=O) groups excluding carboxylic acids is 2. The van der Waals surface area contributed by atoms with Crippen molar-refractivity contribution in [2.24, 2.45) is 5.92 Å². The number of carbonyl (C=O) groups is 2. The monoisotopic (exact) mass is 338 g/mol. The number of nitrogens with one attached hydrogen (secondary N) is 1. The molecule has 2 N–H and O–H groups in total. The van der Waals surface area contributed by atoms with Crippen LogP contribution in [0.15, 0.2) is 0 Å². The molecule has 0 unspecified atom stereocenters. The summed E-state index contributed by atoms with van der Waals surface area (Å²) in [4.78, 5) is 25.6. The lowest BCUT2D eigenvalue weighted by atomic mass is 9.94. The minimum Gasteiger partial charge on any atom is -0.382 e. The van der Waals surface area contributed by atoms with Gasteiger partial charge >= 0.3 is 6.18 Å². The fraction of sp³-hybridized carbons (Fsp3) is 0.867. The van der Waals surface area contributed by atoms with E-state index in [4.69, 9.17) is 0 Å². The molecule has 0 aromatic rings. The average molecular weight is 338 g/mol. The molecule has 1 fully saturated rings. The molecule has 2 amide bonds. The molecular formula is C15H25F3N2O3. The van der Waals surface area contributed by atoms with Gasteiger partial charge in [0.05, 0.1) is 6.04 Å². The number of rotatable bonds is 6. The molecule has 0 aliphatic carbocycles. The van der Waals surface area contributed by atoms with Crippen molar-refractivity contribution < 1.29 is 27.9 Å². The van der Waals surface area contributed by atoms with Crippen LogP contribution in [0, 0.1) is 5.92 Å². The molecule has 134 valence electrons. The number of alkyl halides is 3. The van der Waals surface area contributed by atoms with Crippen molar-refractivity contribution in [3.8, 4) is 0 Å². The Morgan fingerprint density at radius 1 is 1.26 bits per heavy atom. The molecule has 1 aliphatic heterocycles. The number of nitrogens with zero attached hydrogens (tertiary/aromatic N) is 1. The van der Waals surface area contributed by atoms with Crippen molar-refractivity contribution >= 4 is 11.8 Å². The third-order valence-corrected chi connectivity index (χ3v) is 4.17. The van der Waals surface area contributed by atoms with E-state index in [2.05, 4.69) is 5.32 Å². The fourth-order valence-corrected chi connectivity index (χ4v) is 2.70. The van der Waals surface area contributed by atoms with E-state index in [0.717, 1.165) is 6.42 Å². The van der Waals surface area contributed by atoms with Crippen LogP contribution in [0.5, 0.6) is 0 Å². The highest BCUT2D eigenvalue weighted by atomic mass is 19.4. The molecule has 0 radical (unpaired) electrons. The summed E-state index contributed by atoms with van der Waals surface area (Å²) in [6.45, 7) is 4.27. The Kier molecular flexibility index (Phi) is 7.31. The van der Waals surface area contributed by atoms with E-state index in [1.54, 1.807) is 4.90 Å². The molecule has 0 aromatic heterocycles. The van der Waals surface area contributed by atoms with Crippen LogP contribution in [0.4, 0.5) is 13.2 Å². The largest absolute Gasteiger partial charge is 0.416 e. The van der Waals surface area contributed by atoms with Crippen LogP contribution in [-0.4, -0.2) is 53.2 Å². The zero-order valence-corrected chi connectivity index (χ0v) is 13.5. The second kappa shape index (κ2) is 8.52. The second-order valence-corrected chi connectivity index (χ2v) is 5.91. The molecule has 1 aliphatic rings. The van der Waals surface area contributed by atoms with Crippen LogP contribution in [-0.2, 0) is 9.59 Å². The molecule has 1 rings (SSSR count). The molecule has 1 saturated heterocycles. The molecule has 0 bridgehead atoms. The van der Waals surface area contributed by atoms with E-state index in [1.165, 1.54) is 6.92 Å². The van der Waals surface area contributed by atoms with E-state index in [9.17, 15) is 27.9 Å². The lowest BCUT2D eigenvalue weighted by molar-refractivity contribution is -0.212. The number of piperidine rings is 1. The number of aliphatic hydroxyl groups excluding tert-OH is 1. The van der Waals surface area contributed by atoms with E-state index >= 15 is 0 Å². The lowest BCUT2D eigenvalue weighted by Gasteiger charge is -2.33. The topological polar surface area (TPSA) is 69.6 Å². The van der Waals surface area contributed by atoms with Gasteiger partial charge in [-0.2, -0.15) is 13.2 Å². The number of aliphatic hydroxyl groups is 1. The van der Waals surface area contributed by atoms with Crippen LogP contribution in [0.1, 0.15) is 46.0 Å². The van der Waals surface area contributed by atoms with E-state index in [-0.39, 0.29) is 12.3 Å². The first-order chi connectivity index (χ1) is 10.7. The summed E-state index contributed by atoms with van der Waals surface area (Å²) in [5.74, 6) is -0.858. The zero-order chi connectivity index (χ0) is 17.6. The van der Waals surface area contributed by atoms with Gasteiger partial charge in [-0.3, -0.25) is 9.59 Å². The Morgan fingerprint density at radius 3 is 2.26 bits per heavy atom. The third-order valence-electron chi connectivity index (χ3n) is 4.17. The lowest BCUT2D eigenvalue weighted by Crippen LogP contribution is -2.52. The van der Waals surface area contributed by atoms with Crippen molar-refractivity contribution in [1.82, 2.24) is 10.2 Å². The minimum absolute atomic E-state index is 0.0136. The normalized spacial score (nSPS) is 19.3. The molecule has 5 nitrogen and oxygen atoms in total. The van der Waals surface area contributed by atoms with E-state index in [1.807, 2.05) is 6.92 Å². The van der Waals surface area contributed by atoms with Gasteiger partial charge in [-0.15, -0.1) is 0 Å². The van der Waals surface area contributed by atoms with Crippen LogP contribution >= 0.6 is 0 Å². The van der Waals surface area contributed by atoms with E-state index in [0.29, 0.717) is 32.4 Å². The number of hydrogen-bond donors (Lipinski definition) is 2. The van der Waals surface area contributed by atoms with Gasteiger partial charge in [-0.05, 0) is 25.7 Å². The van der Waals surface area contributed by atoms with Gasteiger partial charge in [0.25, 0.3) is 0 Å². The van der Waals surface area contributed by atoms with Crippen LogP contribution < -0.4 is 5.32 Å². The number of amides is 2. The first-order valence-electron chi connectivity index (χ1n) is 8.03. The highest BCUT2D eigenvalue weighted by molar-refractivity contribution is 5.80. The first-order valence-corrected chi connectivity index (χ1v) is 8.03. The molecule has 23 heavy (non-hydrogen) atoms. The summed E-state index contributed by atoms with van der Waals surface area (Å²) in [6.07, 6.45) is -5.26. The summed E-state index contributed by atoms with van der Waals surface area (Å²) in [7, 11) is 0. The van der Waals surface area contributed by atoms with Crippen LogP contribution in [0.25, 0.3) is 0 Å². The van der Waals surface area contributed by atoms with E-state index < -0.39 is 30.1 Å². The predicted molar refractivity (Wildman–Crippen MR) is 78.5 cm³/mol. The highest BCUT2D eigenvalue weighted by Crippen LogP contribution is 2.25. The summed E-state index contributed by atoms with van der Waals surface area (Å²) in [5, 5.41) is 11.6. The number of hydrogen-bond acceptors (Lipinski definition) is 3. The Labute approximate surface area is 134 Å². The van der Waals surface area contributed by atoms with Gasteiger partial charge in [0.2, 0.25) is 11.8 Å². The second-order valence-electron chi connectivity index (χ2n) is 5.91. The first kappa shape index (κ1) is 19.7. The Bertz CT molecular complexity index is 407. The third kappa shape index (κ3) is 5.67. The Hall–Kier alpha value is -1.31. The van der Waals surface area contributed by atoms with Crippen LogP contribution in [0.3, 0.4) is 0 Å². The van der Waals surface area contributed by atoms with Crippen molar-refractivity contribution in [2.75, 3.05) is 13.1 Å². The summed E-state index contributed by atoms with van der Waals surface area (Å²) in [5.41, 5.74) is 0. The van der Waals surface area contributed by atoms with Crippen molar-refractivity contribution in [1.29, 1.82) is 0 Å². The Morgan fingerprint density at radius 2 is 1.83 bits per heavy atom. The van der Waals surface area contributed by atoms with Crippen molar-refractivity contribution in [2.45, 2.75) is 64.3 Å². The maximum atomic E-state index is 12.5. The van der Waals surface area contributed by atoms with Crippen LogP contribution in [0.2, 0.25) is 0 Å². The summed E-state index contributed by atoms with van der Waals surface area (Å²) < 4.78 is 37.6. The van der Waals surface area contributed by atoms with Gasteiger partial charge in [-0.25, -0.2) is 0 Å². The number of halogens is 3. The highest BCUT2D eigenvalue weighted by Gasteiger charge is 2.44. The molecule has 0 spiro atoms. The SMILES string of the molecule is CCCC(=O)N1CCC(C(=O)N[C@H](CC)[C@@H](O)C(F)(F)F)CC1. The molecule has 0 saturated carbocycles. The summed E-state index contributed by atoms with van der Waals surface area (Å²) in [6, 6.07) is -1.35. The van der Waals surface area contributed by atoms with Gasteiger partial charge < -0.3 is 15.3 Å². The van der Waals surface area contributed by atoms with Crippen molar-refractivity contribution in [3.63, 3.8) is 0 Å². The fourth-order valence-electron chi connectivity index (χ4n) is 2.70. The van der Waals surface area contributed by atoms with Gasteiger partial charge in [0.1, 0.15) is 0 Å². The molecular weight excluding hydrogens is 313 g/mol. The smallest absolute Gasteiger partial charge is 0.382 e. The van der Waals surface area contributed by atoms with Gasteiger partial charge in [0, 0.05) is 25.4 Å². The minimum atomic E-state index is -4.76. The molecule has 0 aromatic carbocycles. The standard InChI is InChI=1S/C15H25F3N2O3/c1-3-5-12(21)20-8-6-10(7-9-20)14(23)19-11(4-2)13(22)15(16,17)18/h10-11,13,22H,3-9H2,1-2H3,(H,19,23)/t11-,13-/m1/s1. The molecule has 1 heterocycles. The average Bonchev–Trinajstić information content (AvgIpc) is 2.51. The summed E-state index contributed by atoms with van der Waals surface area (Å²) >= 11 is 0. The van der Waals surface area contributed by atoms with Gasteiger partial charge in [-0.1, -0.05) is 13.8 Å². The molecule has 8 heteroatoms. The Balaban J connectivity index is 2.51. The zero-order valence-electron chi connectivity index (χ0n) is 13.5. The maximum absolute atomic E-state index is 12.5. The quantitative estimate of drug-likeness (QED) is 0.776.